The number of hydrogen-bond acceptors (Lipinski definition) is 5. The van der Waals surface area contributed by atoms with Gasteiger partial charge in [-0.2, -0.15) is 0 Å². The zero-order valence-corrected chi connectivity index (χ0v) is 16.6. The molecule has 0 radical (unpaired) electrons. The van der Waals surface area contributed by atoms with Gasteiger partial charge in [0, 0.05) is 5.92 Å². The number of aliphatic hydroxyl groups is 1. The first-order chi connectivity index (χ1) is 13.9. The van der Waals surface area contributed by atoms with E-state index in [4.69, 9.17) is 9.47 Å². The van der Waals surface area contributed by atoms with Gasteiger partial charge in [0.25, 0.3) is 0 Å². The monoisotopic (exact) mass is 395 g/mol. The minimum atomic E-state index is -1.63. The molecule has 2 aromatic rings. The van der Waals surface area contributed by atoms with Gasteiger partial charge in [-0.05, 0) is 36.1 Å². The van der Waals surface area contributed by atoms with Gasteiger partial charge in [-0.1, -0.05) is 61.2 Å². The Morgan fingerprint density at radius 2 is 1.69 bits per heavy atom. The molecule has 1 aliphatic rings. The summed E-state index contributed by atoms with van der Waals surface area (Å²) in [7, 11) is 0. The molecule has 0 spiro atoms. The molecule has 0 saturated heterocycles. The summed E-state index contributed by atoms with van der Waals surface area (Å²) in [5.41, 5.74) is 2.79. The van der Waals surface area contributed by atoms with Gasteiger partial charge in [-0.15, -0.1) is 0 Å². The third-order valence-electron chi connectivity index (χ3n) is 5.30. The third-order valence-corrected chi connectivity index (χ3v) is 5.30. The summed E-state index contributed by atoms with van der Waals surface area (Å²) in [5, 5.41) is 12.5. The van der Waals surface area contributed by atoms with E-state index in [1.807, 2.05) is 48.5 Å². The number of esters is 1. The van der Waals surface area contributed by atoms with Crippen LogP contribution in [0.25, 0.3) is 11.1 Å². The molecule has 29 heavy (non-hydrogen) atoms. The maximum atomic E-state index is 12.4. The van der Waals surface area contributed by atoms with Crippen LogP contribution in [0.2, 0.25) is 0 Å². The highest BCUT2D eigenvalue weighted by molar-refractivity contribution is 5.86. The molecule has 0 bridgehead atoms. The molecular weight excluding hydrogens is 370 g/mol. The van der Waals surface area contributed by atoms with Crippen LogP contribution in [0.1, 0.15) is 30.9 Å². The second-order valence-corrected chi connectivity index (χ2v) is 7.22. The van der Waals surface area contributed by atoms with Crippen LogP contribution in [0, 0.1) is 0 Å². The minimum Gasteiger partial charge on any atom is -0.460 e. The smallest absolute Gasteiger partial charge is 0.408 e. The summed E-state index contributed by atoms with van der Waals surface area (Å²) in [6.45, 7) is 6.36. The molecule has 0 heterocycles. The Bertz CT molecular complexity index is 877. The van der Waals surface area contributed by atoms with Gasteiger partial charge in [0.05, 0.1) is 6.10 Å². The summed E-state index contributed by atoms with van der Waals surface area (Å²) in [6, 6.07) is 16.0. The maximum Gasteiger partial charge on any atom is 0.408 e. The molecule has 2 aromatic carbocycles. The average Bonchev–Trinajstić information content (AvgIpc) is 3.04. The van der Waals surface area contributed by atoms with E-state index in [0.29, 0.717) is 0 Å². The normalized spacial score (nSPS) is 15.4. The second kappa shape index (κ2) is 8.49. The number of benzene rings is 2. The molecule has 0 aromatic heterocycles. The van der Waals surface area contributed by atoms with Gasteiger partial charge in [0.15, 0.2) is 5.54 Å². The first kappa shape index (κ1) is 20.6. The van der Waals surface area contributed by atoms with Crippen molar-refractivity contribution in [3.63, 3.8) is 0 Å². The van der Waals surface area contributed by atoms with Crippen molar-refractivity contribution in [1.82, 2.24) is 5.32 Å². The lowest BCUT2D eigenvalue weighted by molar-refractivity contribution is -0.154. The predicted molar refractivity (Wildman–Crippen MR) is 109 cm³/mol. The van der Waals surface area contributed by atoms with Crippen molar-refractivity contribution < 1.29 is 24.2 Å². The second-order valence-electron chi connectivity index (χ2n) is 7.22. The molecule has 0 fully saturated rings. The summed E-state index contributed by atoms with van der Waals surface area (Å²) < 4.78 is 10.5. The fourth-order valence-corrected chi connectivity index (χ4v) is 3.46. The van der Waals surface area contributed by atoms with Gasteiger partial charge >= 0.3 is 12.1 Å². The molecule has 1 amide bonds. The van der Waals surface area contributed by atoms with E-state index in [9.17, 15) is 14.7 Å². The summed E-state index contributed by atoms with van der Waals surface area (Å²) in [5.74, 6) is -0.861. The van der Waals surface area contributed by atoms with Crippen LogP contribution in [0.5, 0.6) is 0 Å². The molecule has 6 heteroatoms. The number of alkyl carbamates (subject to hydrolysis) is 1. The number of amides is 1. The molecule has 2 atom stereocenters. The van der Waals surface area contributed by atoms with Crippen LogP contribution in [-0.4, -0.2) is 42.0 Å². The lowest BCUT2D eigenvalue weighted by Crippen LogP contribution is -2.59. The van der Waals surface area contributed by atoms with Gasteiger partial charge in [0.1, 0.15) is 13.2 Å². The first-order valence-corrected chi connectivity index (χ1v) is 9.47. The predicted octanol–water partition coefficient (Wildman–Crippen LogP) is 3.39. The van der Waals surface area contributed by atoms with Crippen molar-refractivity contribution in [2.75, 3.05) is 13.2 Å². The van der Waals surface area contributed by atoms with E-state index >= 15 is 0 Å². The van der Waals surface area contributed by atoms with Crippen LogP contribution in [0.4, 0.5) is 4.79 Å². The summed E-state index contributed by atoms with van der Waals surface area (Å²) in [4.78, 5) is 24.7. The van der Waals surface area contributed by atoms with Crippen LogP contribution in [0.15, 0.2) is 61.2 Å². The number of rotatable bonds is 7. The maximum absolute atomic E-state index is 12.4. The molecule has 152 valence electrons. The topological polar surface area (TPSA) is 84.9 Å². The number of nitrogens with one attached hydrogen (secondary N) is 1. The van der Waals surface area contributed by atoms with Crippen molar-refractivity contribution in [2.24, 2.45) is 0 Å². The molecule has 6 nitrogen and oxygen atoms in total. The zero-order chi connectivity index (χ0) is 21.0. The number of fused-ring (bicyclic) bond motifs is 3. The van der Waals surface area contributed by atoms with E-state index < -0.39 is 23.7 Å². The molecule has 1 aliphatic carbocycles. The highest BCUT2D eigenvalue weighted by Gasteiger charge is 2.42. The standard InChI is InChI=1S/C23H25NO5/c1-4-13-28-21(26)23(3,15(2)25)24-22(27)29-14-20-18-11-7-5-9-16(18)17-10-6-8-12-19(17)20/h4-12,15,20,25H,1,13-14H2,2-3H3,(H,24,27)/t15-,23+/m0/s1. The molecular formula is C23H25NO5. The minimum absolute atomic E-state index is 0.0203. The van der Waals surface area contributed by atoms with Crippen molar-refractivity contribution in [3.8, 4) is 11.1 Å². The highest BCUT2D eigenvalue weighted by atomic mass is 16.6. The van der Waals surface area contributed by atoms with Crippen molar-refractivity contribution in [1.29, 1.82) is 0 Å². The van der Waals surface area contributed by atoms with E-state index in [-0.39, 0.29) is 19.1 Å². The molecule has 2 N–H and O–H groups in total. The average molecular weight is 395 g/mol. The fourth-order valence-electron chi connectivity index (χ4n) is 3.46. The summed E-state index contributed by atoms with van der Waals surface area (Å²) >= 11 is 0. The number of hydrogen-bond donors (Lipinski definition) is 2. The Morgan fingerprint density at radius 1 is 1.14 bits per heavy atom. The van der Waals surface area contributed by atoms with Crippen molar-refractivity contribution in [3.05, 3.63) is 72.3 Å². The van der Waals surface area contributed by atoms with Gasteiger partial charge in [-0.25, -0.2) is 9.59 Å². The number of carbonyl (C=O) groups is 2. The molecule has 0 aliphatic heterocycles. The Balaban J connectivity index is 1.72. The van der Waals surface area contributed by atoms with E-state index in [1.54, 1.807) is 0 Å². The molecule has 0 unspecified atom stereocenters. The van der Waals surface area contributed by atoms with Crippen LogP contribution >= 0.6 is 0 Å². The quantitative estimate of drug-likeness (QED) is 0.554. The zero-order valence-electron chi connectivity index (χ0n) is 16.6. The molecule has 0 saturated carbocycles. The Labute approximate surface area is 170 Å². The fraction of sp³-hybridized carbons (Fsp3) is 0.304. The van der Waals surface area contributed by atoms with E-state index in [2.05, 4.69) is 11.9 Å². The van der Waals surface area contributed by atoms with Crippen molar-refractivity contribution >= 4 is 12.1 Å². The SMILES string of the molecule is C=CCOC(=O)[C@](C)(NC(=O)OCC1c2ccccc2-c2ccccc21)[C@H](C)O. The van der Waals surface area contributed by atoms with Gasteiger partial charge in [0.2, 0.25) is 0 Å². The van der Waals surface area contributed by atoms with E-state index in [1.165, 1.54) is 19.9 Å². The van der Waals surface area contributed by atoms with Gasteiger partial charge in [-0.3, -0.25) is 0 Å². The summed E-state index contributed by atoms with van der Waals surface area (Å²) in [6.07, 6.45) is -0.570. The lowest BCUT2D eigenvalue weighted by Gasteiger charge is -2.30. The number of ether oxygens (including phenoxy) is 2. The van der Waals surface area contributed by atoms with Gasteiger partial charge < -0.3 is 19.9 Å². The first-order valence-electron chi connectivity index (χ1n) is 9.47. The third kappa shape index (κ3) is 4.03. The largest absolute Gasteiger partial charge is 0.460 e. The highest BCUT2D eigenvalue weighted by Crippen LogP contribution is 2.44. The Hall–Kier alpha value is -3.12. The van der Waals surface area contributed by atoms with Crippen LogP contribution in [0.3, 0.4) is 0 Å². The number of carbonyl (C=O) groups excluding carboxylic acids is 2. The molecule has 3 rings (SSSR count). The Kier molecular flexibility index (Phi) is 6.03. The van der Waals surface area contributed by atoms with Crippen molar-refractivity contribution in [2.45, 2.75) is 31.4 Å². The van der Waals surface area contributed by atoms with E-state index in [0.717, 1.165) is 22.3 Å². The van der Waals surface area contributed by atoms with Crippen LogP contribution in [-0.2, 0) is 14.3 Å². The van der Waals surface area contributed by atoms with Crippen LogP contribution < -0.4 is 5.32 Å². The lowest BCUT2D eigenvalue weighted by atomic mass is 9.96. The Morgan fingerprint density at radius 3 is 2.21 bits per heavy atom. The number of aliphatic hydroxyl groups excluding tert-OH is 1.